The number of primary amides is 1. The van der Waals surface area contributed by atoms with E-state index in [4.69, 9.17) is 22.7 Å². The normalized spacial score (nSPS) is 15.5. The quantitative estimate of drug-likeness (QED) is 0.363. The van der Waals surface area contributed by atoms with Crippen molar-refractivity contribution in [2.75, 3.05) is 12.0 Å². The lowest BCUT2D eigenvalue weighted by atomic mass is 10.1. The van der Waals surface area contributed by atoms with Crippen molar-refractivity contribution in [1.82, 2.24) is 9.88 Å². The first-order chi connectivity index (χ1) is 14.9. The number of ether oxygens (including phenoxy) is 1. The maximum absolute atomic E-state index is 13.2. The SMILES string of the molecule is COc1ccc(N2C(=O)/C(=C/c3cn(CC(N)=O)c4ccccc34)C(=O)NC2=S)cc1. The molecular weight excluding hydrogens is 416 g/mol. The molecule has 3 aromatic rings. The number of aromatic nitrogens is 1. The Morgan fingerprint density at radius 3 is 2.55 bits per heavy atom. The van der Waals surface area contributed by atoms with Crippen LogP contribution in [0.4, 0.5) is 5.69 Å². The number of carbonyl (C=O) groups is 3. The third-order valence-corrected chi connectivity index (χ3v) is 5.16. The van der Waals surface area contributed by atoms with E-state index >= 15 is 0 Å². The van der Waals surface area contributed by atoms with Gasteiger partial charge < -0.3 is 15.0 Å². The number of nitrogens with one attached hydrogen (secondary N) is 1. The van der Waals surface area contributed by atoms with Gasteiger partial charge in [-0.25, -0.2) is 0 Å². The topological polar surface area (TPSA) is 107 Å². The molecule has 1 aliphatic rings. The summed E-state index contributed by atoms with van der Waals surface area (Å²) in [5, 5.41) is 3.33. The zero-order valence-electron chi connectivity index (χ0n) is 16.5. The number of rotatable bonds is 5. The van der Waals surface area contributed by atoms with E-state index in [2.05, 4.69) is 5.32 Å². The molecule has 3 amide bonds. The number of nitrogens with zero attached hydrogens (tertiary/aromatic N) is 2. The van der Waals surface area contributed by atoms with Gasteiger partial charge in [0.15, 0.2) is 5.11 Å². The second-order valence-corrected chi connectivity index (χ2v) is 7.24. The Hall–Kier alpha value is -3.98. The predicted molar refractivity (Wildman–Crippen MR) is 120 cm³/mol. The van der Waals surface area contributed by atoms with Gasteiger partial charge in [-0.3, -0.25) is 24.6 Å². The number of fused-ring (bicyclic) bond motifs is 1. The number of nitrogens with two attached hydrogens (primary N) is 1. The minimum Gasteiger partial charge on any atom is -0.497 e. The van der Waals surface area contributed by atoms with E-state index in [-0.39, 0.29) is 17.2 Å². The highest BCUT2D eigenvalue weighted by molar-refractivity contribution is 7.80. The molecular formula is C22H18N4O4S. The molecule has 9 heteroatoms. The lowest BCUT2D eigenvalue weighted by Crippen LogP contribution is -2.54. The van der Waals surface area contributed by atoms with Crippen molar-refractivity contribution < 1.29 is 19.1 Å². The molecule has 8 nitrogen and oxygen atoms in total. The zero-order chi connectivity index (χ0) is 22.1. The second kappa shape index (κ2) is 8.04. The Bertz CT molecular complexity index is 1260. The van der Waals surface area contributed by atoms with Crippen LogP contribution in [-0.2, 0) is 20.9 Å². The fourth-order valence-electron chi connectivity index (χ4n) is 3.47. The Balaban J connectivity index is 1.78. The summed E-state index contributed by atoms with van der Waals surface area (Å²) in [6, 6.07) is 14.1. The monoisotopic (exact) mass is 434 g/mol. The Kier molecular flexibility index (Phi) is 5.26. The van der Waals surface area contributed by atoms with Crippen molar-refractivity contribution in [2.24, 2.45) is 5.73 Å². The van der Waals surface area contributed by atoms with E-state index in [1.165, 1.54) is 11.0 Å². The van der Waals surface area contributed by atoms with Gasteiger partial charge in [-0.1, -0.05) is 18.2 Å². The molecule has 1 aliphatic heterocycles. The summed E-state index contributed by atoms with van der Waals surface area (Å²) < 4.78 is 6.83. The van der Waals surface area contributed by atoms with Gasteiger partial charge in [-0.15, -0.1) is 0 Å². The van der Waals surface area contributed by atoms with Gasteiger partial charge in [-0.05, 0) is 48.6 Å². The summed E-state index contributed by atoms with van der Waals surface area (Å²) in [5.74, 6) is -1.01. The number of para-hydroxylation sites is 1. The third kappa shape index (κ3) is 3.78. The summed E-state index contributed by atoms with van der Waals surface area (Å²) in [7, 11) is 1.54. The van der Waals surface area contributed by atoms with E-state index < -0.39 is 17.7 Å². The summed E-state index contributed by atoms with van der Waals surface area (Å²) in [6.45, 7) is -0.0219. The van der Waals surface area contributed by atoms with Crippen LogP contribution in [0.5, 0.6) is 5.75 Å². The number of carbonyl (C=O) groups excluding carboxylic acids is 3. The van der Waals surface area contributed by atoms with Crippen LogP contribution < -0.4 is 20.7 Å². The fourth-order valence-corrected chi connectivity index (χ4v) is 3.75. The molecule has 1 fully saturated rings. The van der Waals surface area contributed by atoms with Crippen molar-refractivity contribution in [2.45, 2.75) is 6.54 Å². The minimum absolute atomic E-state index is 0.00604. The molecule has 0 aliphatic carbocycles. The number of anilines is 1. The maximum atomic E-state index is 13.2. The van der Waals surface area contributed by atoms with Gasteiger partial charge in [0, 0.05) is 22.7 Å². The maximum Gasteiger partial charge on any atom is 0.270 e. The molecule has 0 spiro atoms. The Labute approximate surface area is 182 Å². The smallest absolute Gasteiger partial charge is 0.270 e. The van der Waals surface area contributed by atoms with E-state index in [0.717, 1.165) is 10.9 Å². The Morgan fingerprint density at radius 2 is 1.87 bits per heavy atom. The number of benzene rings is 2. The molecule has 0 unspecified atom stereocenters. The molecule has 0 bridgehead atoms. The van der Waals surface area contributed by atoms with Crippen molar-refractivity contribution in [3.8, 4) is 5.75 Å². The molecule has 156 valence electrons. The lowest BCUT2D eigenvalue weighted by molar-refractivity contribution is -0.122. The molecule has 3 N–H and O–H groups in total. The van der Waals surface area contributed by atoms with Crippen LogP contribution in [0.2, 0.25) is 0 Å². The van der Waals surface area contributed by atoms with E-state index in [1.807, 2.05) is 24.3 Å². The van der Waals surface area contributed by atoms with Crippen LogP contribution in [0.15, 0.2) is 60.3 Å². The number of hydrogen-bond donors (Lipinski definition) is 2. The summed E-state index contributed by atoms with van der Waals surface area (Å²) in [6.07, 6.45) is 3.18. The molecule has 2 aromatic carbocycles. The van der Waals surface area contributed by atoms with Crippen molar-refractivity contribution in [1.29, 1.82) is 0 Å². The van der Waals surface area contributed by atoms with Gasteiger partial charge >= 0.3 is 0 Å². The molecule has 2 heterocycles. The van der Waals surface area contributed by atoms with Gasteiger partial charge in [0.2, 0.25) is 5.91 Å². The van der Waals surface area contributed by atoms with Crippen molar-refractivity contribution in [3.05, 3.63) is 65.9 Å². The van der Waals surface area contributed by atoms with Crippen molar-refractivity contribution in [3.63, 3.8) is 0 Å². The first kappa shape index (κ1) is 20.3. The molecule has 4 rings (SSSR count). The van der Waals surface area contributed by atoms with Crippen LogP contribution >= 0.6 is 12.2 Å². The average molecular weight is 434 g/mol. The van der Waals surface area contributed by atoms with Gasteiger partial charge in [0.1, 0.15) is 17.9 Å². The van der Waals surface area contributed by atoms with Crippen molar-refractivity contribution >= 4 is 57.7 Å². The fraction of sp³-hybridized carbons (Fsp3) is 0.0909. The molecule has 0 atom stereocenters. The highest BCUT2D eigenvalue weighted by atomic mass is 32.1. The molecule has 0 saturated carbocycles. The standard InChI is InChI=1S/C22H18N4O4S/c1-30-15-8-6-14(7-9-15)26-21(29)17(20(28)24-22(26)31)10-13-11-25(12-19(23)27)18-5-3-2-4-16(13)18/h2-11H,12H2,1H3,(H2,23,27)(H,24,28,31)/b17-10+. The summed E-state index contributed by atoms with van der Waals surface area (Å²) in [5.41, 5.74) is 7.14. The van der Waals surface area contributed by atoms with Gasteiger partial charge in [0.05, 0.1) is 12.8 Å². The van der Waals surface area contributed by atoms with Crippen LogP contribution in [0, 0.1) is 0 Å². The van der Waals surface area contributed by atoms with Crippen LogP contribution in [0.3, 0.4) is 0 Å². The third-order valence-electron chi connectivity index (χ3n) is 4.88. The van der Waals surface area contributed by atoms with Gasteiger partial charge in [0.25, 0.3) is 11.8 Å². The Morgan fingerprint density at radius 1 is 1.16 bits per heavy atom. The van der Waals surface area contributed by atoms with Crippen LogP contribution in [0.1, 0.15) is 5.56 Å². The number of amides is 3. The van der Waals surface area contributed by atoms with E-state index in [1.54, 1.807) is 42.1 Å². The zero-order valence-corrected chi connectivity index (χ0v) is 17.3. The molecule has 1 aromatic heterocycles. The highest BCUT2D eigenvalue weighted by Gasteiger charge is 2.34. The summed E-state index contributed by atoms with van der Waals surface area (Å²) >= 11 is 5.23. The minimum atomic E-state index is -0.591. The first-order valence-electron chi connectivity index (χ1n) is 9.30. The van der Waals surface area contributed by atoms with E-state index in [0.29, 0.717) is 17.0 Å². The second-order valence-electron chi connectivity index (χ2n) is 6.85. The van der Waals surface area contributed by atoms with Crippen LogP contribution in [-0.4, -0.2) is 34.5 Å². The number of thiocarbonyl (C=S) groups is 1. The average Bonchev–Trinajstić information content (AvgIpc) is 3.08. The summed E-state index contributed by atoms with van der Waals surface area (Å²) in [4.78, 5) is 38.5. The molecule has 0 radical (unpaired) electrons. The highest BCUT2D eigenvalue weighted by Crippen LogP contribution is 2.27. The van der Waals surface area contributed by atoms with Gasteiger partial charge in [-0.2, -0.15) is 0 Å². The molecule has 1 saturated heterocycles. The lowest BCUT2D eigenvalue weighted by Gasteiger charge is -2.29. The number of hydrogen-bond acceptors (Lipinski definition) is 5. The predicted octanol–water partition coefficient (Wildman–Crippen LogP) is 1.97. The van der Waals surface area contributed by atoms with E-state index in [9.17, 15) is 14.4 Å². The number of methoxy groups -OCH3 is 1. The van der Waals surface area contributed by atoms with Crippen LogP contribution in [0.25, 0.3) is 17.0 Å². The first-order valence-corrected chi connectivity index (χ1v) is 9.71. The largest absolute Gasteiger partial charge is 0.497 e. The molecule has 31 heavy (non-hydrogen) atoms.